The summed E-state index contributed by atoms with van der Waals surface area (Å²) in [6, 6.07) is 1.16. The van der Waals surface area contributed by atoms with E-state index in [0.29, 0.717) is 5.69 Å². The van der Waals surface area contributed by atoms with Gasteiger partial charge in [0.25, 0.3) is 0 Å². The van der Waals surface area contributed by atoms with Crippen molar-refractivity contribution in [2.45, 2.75) is 52.1 Å². The van der Waals surface area contributed by atoms with Crippen molar-refractivity contribution in [2.24, 2.45) is 0 Å². The van der Waals surface area contributed by atoms with E-state index in [1.165, 1.54) is 12.3 Å². The number of hydrogen-bond donors (Lipinski definition) is 0. The van der Waals surface area contributed by atoms with Crippen LogP contribution in [0.25, 0.3) is 6.08 Å². The Hall–Kier alpha value is -1.32. The molecule has 1 aromatic heterocycles. The third-order valence-electron chi connectivity index (χ3n) is 2.76. The van der Waals surface area contributed by atoms with Crippen molar-refractivity contribution in [1.82, 2.24) is 4.98 Å². The molecule has 0 unspecified atom stereocenters. The van der Waals surface area contributed by atoms with Crippen molar-refractivity contribution in [2.75, 3.05) is 0 Å². The van der Waals surface area contributed by atoms with Crippen LogP contribution in [0.4, 0.5) is 13.2 Å². The average Bonchev–Trinajstić information content (AvgIpc) is 2.27. The highest BCUT2D eigenvalue weighted by Crippen LogP contribution is 2.34. The van der Waals surface area contributed by atoms with E-state index in [4.69, 9.17) is 0 Å². The Bertz CT molecular complexity index is 453. The number of alkyl halides is 3. The third kappa shape index (κ3) is 4.37. The maximum atomic E-state index is 13.1. The fourth-order valence-corrected chi connectivity index (χ4v) is 1.63. The molecule has 0 aliphatic carbocycles. The first kappa shape index (κ1) is 15.7. The largest absolute Gasteiger partial charge is 0.417 e. The molecule has 4 heteroatoms. The minimum atomic E-state index is -4.35. The molecule has 0 amide bonds. The number of rotatable bonds is 3. The number of hydrogen-bond acceptors (Lipinski definition) is 1. The monoisotopic (exact) mass is 271 g/mol. The van der Waals surface area contributed by atoms with E-state index in [1.807, 2.05) is 27.7 Å². The lowest BCUT2D eigenvalue weighted by atomic mass is 9.90. The Kier molecular flexibility index (Phi) is 4.77. The number of nitrogens with zero attached hydrogens (tertiary/aromatic N) is 1. The number of allylic oxidation sites excluding steroid dienone is 1. The highest BCUT2D eigenvalue weighted by molar-refractivity contribution is 5.54. The lowest BCUT2D eigenvalue weighted by Gasteiger charge is -2.20. The molecule has 1 aromatic rings. The topological polar surface area (TPSA) is 12.9 Å². The van der Waals surface area contributed by atoms with Crippen molar-refractivity contribution < 1.29 is 13.2 Å². The van der Waals surface area contributed by atoms with Gasteiger partial charge in [-0.05, 0) is 12.5 Å². The van der Waals surface area contributed by atoms with Crippen LogP contribution < -0.4 is 0 Å². The summed E-state index contributed by atoms with van der Waals surface area (Å²) in [5.41, 5.74) is -0.424. The van der Waals surface area contributed by atoms with Gasteiger partial charge < -0.3 is 0 Å². The van der Waals surface area contributed by atoms with Crippen molar-refractivity contribution in [3.05, 3.63) is 35.2 Å². The second kappa shape index (κ2) is 5.76. The Morgan fingerprint density at radius 3 is 2.32 bits per heavy atom. The van der Waals surface area contributed by atoms with Crippen LogP contribution in [0.5, 0.6) is 0 Å². The molecule has 0 saturated carbocycles. The number of unbranched alkanes of at least 4 members (excludes halogenated alkanes) is 1. The minimum absolute atomic E-state index is 0.133. The Morgan fingerprint density at radius 2 is 1.84 bits per heavy atom. The quantitative estimate of drug-likeness (QED) is 0.735. The maximum Gasteiger partial charge on any atom is 0.417 e. The minimum Gasteiger partial charge on any atom is -0.260 e. The zero-order valence-electron chi connectivity index (χ0n) is 11.8. The molecule has 0 aromatic carbocycles. The van der Waals surface area contributed by atoms with Crippen molar-refractivity contribution >= 4 is 6.08 Å². The van der Waals surface area contributed by atoms with E-state index in [1.54, 1.807) is 6.08 Å². The first-order chi connectivity index (χ1) is 8.66. The van der Waals surface area contributed by atoms with Crippen LogP contribution in [-0.4, -0.2) is 4.98 Å². The lowest BCUT2D eigenvalue weighted by molar-refractivity contribution is -0.137. The molecule has 0 N–H and O–H groups in total. The molecule has 0 fully saturated rings. The van der Waals surface area contributed by atoms with Crippen LogP contribution >= 0.6 is 0 Å². The molecule has 0 saturated heterocycles. The molecule has 0 bridgehead atoms. The van der Waals surface area contributed by atoms with Gasteiger partial charge in [0.15, 0.2) is 0 Å². The second-order valence-corrected chi connectivity index (χ2v) is 5.60. The van der Waals surface area contributed by atoms with Gasteiger partial charge in [-0.3, -0.25) is 4.98 Å². The van der Waals surface area contributed by atoms with Gasteiger partial charge in [0.2, 0.25) is 0 Å². The van der Waals surface area contributed by atoms with E-state index in [0.717, 1.165) is 18.9 Å². The number of aromatic nitrogens is 1. The summed E-state index contributed by atoms with van der Waals surface area (Å²) in [5.74, 6) is 0. The van der Waals surface area contributed by atoms with Gasteiger partial charge >= 0.3 is 6.18 Å². The number of halogens is 3. The van der Waals surface area contributed by atoms with E-state index in [2.05, 4.69) is 4.98 Å². The average molecular weight is 271 g/mol. The first-order valence-electron chi connectivity index (χ1n) is 6.40. The predicted molar refractivity (Wildman–Crippen MR) is 71.9 cm³/mol. The van der Waals surface area contributed by atoms with Crippen molar-refractivity contribution in [1.29, 1.82) is 0 Å². The smallest absolute Gasteiger partial charge is 0.260 e. The first-order valence-corrected chi connectivity index (χ1v) is 6.40. The fraction of sp³-hybridized carbons (Fsp3) is 0.533. The number of pyridine rings is 1. The van der Waals surface area contributed by atoms with Crippen molar-refractivity contribution in [3.63, 3.8) is 0 Å². The molecule has 0 spiro atoms. The molecule has 1 heterocycles. The van der Waals surface area contributed by atoms with Crippen LogP contribution in [0.15, 0.2) is 18.3 Å². The summed E-state index contributed by atoms with van der Waals surface area (Å²) < 4.78 is 39.2. The fourth-order valence-electron chi connectivity index (χ4n) is 1.63. The van der Waals surface area contributed by atoms with E-state index < -0.39 is 17.2 Å². The van der Waals surface area contributed by atoms with Crippen LogP contribution in [-0.2, 0) is 11.6 Å². The van der Waals surface area contributed by atoms with Gasteiger partial charge in [0.05, 0.1) is 5.56 Å². The molecule has 0 aliphatic rings. The summed E-state index contributed by atoms with van der Waals surface area (Å²) >= 11 is 0. The SMILES string of the molecule is CCCC=Cc1cnc(C(C)(C)C)cc1C(F)(F)F. The zero-order chi connectivity index (χ0) is 14.7. The summed E-state index contributed by atoms with van der Waals surface area (Å²) in [6.07, 6.45) is 1.89. The maximum absolute atomic E-state index is 13.1. The van der Waals surface area contributed by atoms with E-state index in [9.17, 15) is 13.2 Å². The van der Waals surface area contributed by atoms with E-state index >= 15 is 0 Å². The van der Waals surface area contributed by atoms with Gasteiger partial charge in [-0.2, -0.15) is 13.2 Å². The summed E-state index contributed by atoms with van der Waals surface area (Å²) in [5, 5.41) is 0. The molecular weight excluding hydrogens is 251 g/mol. The Balaban J connectivity index is 3.26. The van der Waals surface area contributed by atoms with Gasteiger partial charge in [0, 0.05) is 22.9 Å². The predicted octanol–water partition coefficient (Wildman–Crippen LogP) is 5.21. The van der Waals surface area contributed by atoms with Gasteiger partial charge in [-0.25, -0.2) is 0 Å². The van der Waals surface area contributed by atoms with Crippen LogP contribution in [0.2, 0.25) is 0 Å². The zero-order valence-corrected chi connectivity index (χ0v) is 11.8. The molecule has 19 heavy (non-hydrogen) atoms. The summed E-state index contributed by atoms with van der Waals surface area (Å²) in [6.45, 7) is 7.53. The molecule has 0 radical (unpaired) electrons. The Labute approximate surface area is 112 Å². The van der Waals surface area contributed by atoms with Gasteiger partial charge in [-0.15, -0.1) is 0 Å². The molecular formula is C15H20F3N. The molecule has 0 aliphatic heterocycles. The highest BCUT2D eigenvalue weighted by atomic mass is 19.4. The van der Waals surface area contributed by atoms with Crippen LogP contribution in [0.3, 0.4) is 0 Å². The second-order valence-electron chi connectivity index (χ2n) is 5.60. The Morgan fingerprint density at radius 1 is 1.21 bits per heavy atom. The highest BCUT2D eigenvalue weighted by Gasteiger charge is 2.34. The molecule has 1 nitrogen and oxygen atoms in total. The molecule has 0 atom stereocenters. The van der Waals surface area contributed by atoms with Gasteiger partial charge in [-0.1, -0.05) is 46.3 Å². The standard InChI is InChI=1S/C15H20F3N/c1-5-6-7-8-11-10-19-13(14(2,3)4)9-12(11)15(16,17)18/h7-10H,5-6H2,1-4H3. The molecule has 106 valence electrons. The van der Waals surface area contributed by atoms with E-state index in [-0.39, 0.29) is 5.56 Å². The normalized spacial score (nSPS) is 13.2. The van der Waals surface area contributed by atoms with Gasteiger partial charge in [0.1, 0.15) is 0 Å². The molecule has 1 rings (SSSR count). The van der Waals surface area contributed by atoms with Crippen LogP contribution in [0.1, 0.15) is 57.4 Å². The summed E-state index contributed by atoms with van der Waals surface area (Å²) in [7, 11) is 0. The third-order valence-corrected chi connectivity index (χ3v) is 2.76. The lowest BCUT2D eigenvalue weighted by Crippen LogP contribution is -2.17. The van der Waals surface area contributed by atoms with Crippen LogP contribution in [0, 0.1) is 0 Å². The van der Waals surface area contributed by atoms with Crippen molar-refractivity contribution in [3.8, 4) is 0 Å². The summed E-state index contributed by atoms with van der Waals surface area (Å²) in [4.78, 5) is 4.15.